The Balaban J connectivity index is 0.00000288. The molecule has 0 aliphatic carbocycles. The van der Waals surface area contributed by atoms with E-state index in [2.05, 4.69) is 59.0 Å². The van der Waals surface area contributed by atoms with Crippen LogP contribution in [-0.4, -0.2) is 13.7 Å². The fourth-order valence-electron chi connectivity index (χ4n) is 2.17. The summed E-state index contributed by atoms with van der Waals surface area (Å²) in [6, 6.07) is 12.3. The van der Waals surface area contributed by atoms with E-state index in [0.29, 0.717) is 6.61 Å². The van der Waals surface area contributed by atoms with Crippen molar-refractivity contribution in [3.63, 3.8) is 0 Å². The SMILES string of the molecule is C=CCNCc1cc(Br)c(OCc2ccc(C)cc2)c(OC)c1.Cl. The molecule has 0 aliphatic heterocycles. The van der Waals surface area contributed by atoms with Gasteiger partial charge in [-0.15, -0.1) is 19.0 Å². The van der Waals surface area contributed by atoms with Gasteiger partial charge in [0.1, 0.15) is 6.61 Å². The van der Waals surface area contributed by atoms with Crippen LogP contribution >= 0.6 is 28.3 Å². The lowest BCUT2D eigenvalue weighted by Crippen LogP contribution is -2.12. The average Bonchev–Trinajstić information content (AvgIpc) is 2.55. The van der Waals surface area contributed by atoms with E-state index in [0.717, 1.165) is 40.2 Å². The molecular weight excluding hydrogens is 390 g/mol. The second-order valence-electron chi connectivity index (χ2n) is 5.30. The van der Waals surface area contributed by atoms with Crippen LogP contribution in [0.25, 0.3) is 0 Å². The van der Waals surface area contributed by atoms with Crippen molar-refractivity contribution in [2.24, 2.45) is 0 Å². The quantitative estimate of drug-likeness (QED) is 0.486. The molecular formula is C19H23BrClNO2. The van der Waals surface area contributed by atoms with Crippen LogP contribution in [0.1, 0.15) is 16.7 Å². The summed E-state index contributed by atoms with van der Waals surface area (Å²) in [5.41, 5.74) is 3.49. The van der Waals surface area contributed by atoms with Crippen molar-refractivity contribution in [3.05, 3.63) is 70.2 Å². The third-order valence-corrected chi connectivity index (χ3v) is 4.00. The smallest absolute Gasteiger partial charge is 0.175 e. The number of ether oxygens (including phenoxy) is 2. The summed E-state index contributed by atoms with van der Waals surface area (Å²) in [5, 5.41) is 3.28. The van der Waals surface area contributed by atoms with Crippen molar-refractivity contribution >= 4 is 28.3 Å². The summed E-state index contributed by atoms with van der Waals surface area (Å²) in [4.78, 5) is 0. The Morgan fingerprint density at radius 2 is 1.88 bits per heavy atom. The second-order valence-corrected chi connectivity index (χ2v) is 6.16. The molecule has 24 heavy (non-hydrogen) atoms. The Bertz CT molecular complexity index is 659. The van der Waals surface area contributed by atoms with E-state index in [4.69, 9.17) is 9.47 Å². The van der Waals surface area contributed by atoms with Gasteiger partial charge in [0, 0.05) is 13.1 Å². The number of hydrogen-bond donors (Lipinski definition) is 1. The number of aryl methyl sites for hydroxylation is 1. The van der Waals surface area contributed by atoms with Gasteiger partial charge in [-0.2, -0.15) is 0 Å². The van der Waals surface area contributed by atoms with Crippen LogP contribution in [0.5, 0.6) is 11.5 Å². The van der Waals surface area contributed by atoms with Crippen molar-refractivity contribution in [2.75, 3.05) is 13.7 Å². The molecule has 0 fully saturated rings. The first-order valence-corrected chi connectivity index (χ1v) is 8.29. The molecule has 1 N–H and O–H groups in total. The number of hydrogen-bond acceptors (Lipinski definition) is 3. The highest BCUT2D eigenvalue weighted by molar-refractivity contribution is 9.10. The summed E-state index contributed by atoms with van der Waals surface area (Å²) in [7, 11) is 1.65. The van der Waals surface area contributed by atoms with E-state index >= 15 is 0 Å². The molecule has 3 nitrogen and oxygen atoms in total. The molecule has 0 aliphatic rings. The second kappa shape index (κ2) is 10.4. The van der Waals surface area contributed by atoms with Gasteiger partial charge in [-0.3, -0.25) is 0 Å². The molecule has 5 heteroatoms. The topological polar surface area (TPSA) is 30.5 Å². The van der Waals surface area contributed by atoms with Crippen LogP contribution in [0, 0.1) is 6.92 Å². The van der Waals surface area contributed by atoms with Gasteiger partial charge in [-0.05, 0) is 46.1 Å². The number of benzene rings is 2. The number of methoxy groups -OCH3 is 1. The van der Waals surface area contributed by atoms with E-state index in [-0.39, 0.29) is 12.4 Å². The van der Waals surface area contributed by atoms with Crippen LogP contribution in [0.4, 0.5) is 0 Å². The van der Waals surface area contributed by atoms with Gasteiger partial charge >= 0.3 is 0 Å². The molecule has 130 valence electrons. The van der Waals surface area contributed by atoms with Crippen molar-refractivity contribution in [1.29, 1.82) is 0 Å². The lowest BCUT2D eigenvalue weighted by atomic mass is 10.1. The van der Waals surface area contributed by atoms with Crippen molar-refractivity contribution in [2.45, 2.75) is 20.1 Å². The molecule has 2 rings (SSSR count). The Labute approximate surface area is 158 Å². The lowest BCUT2D eigenvalue weighted by molar-refractivity contribution is 0.282. The highest BCUT2D eigenvalue weighted by Crippen LogP contribution is 2.37. The van der Waals surface area contributed by atoms with Crippen molar-refractivity contribution in [3.8, 4) is 11.5 Å². The molecule has 2 aromatic rings. The van der Waals surface area contributed by atoms with Crippen LogP contribution in [-0.2, 0) is 13.2 Å². The number of halogens is 2. The summed E-state index contributed by atoms with van der Waals surface area (Å²) < 4.78 is 12.3. The molecule has 0 unspecified atom stereocenters. The molecule has 0 saturated carbocycles. The van der Waals surface area contributed by atoms with Gasteiger partial charge in [-0.1, -0.05) is 35.9 Å². The van der Waals surface area contributed by atoms with E-state index in [1.165, 1.54) is 5.56 Å². The standard InChI is InChI=1S/C19H22BrNO2.ClH/c1-4-9-21-12-16-10-17(20)19(18(11-16)22-3)23-13-15-7-5-14(2)6-8-15;/h4-8,10-11,21H,1,9,12-13H2,2-3H3;1H. The molecule has 0 radical (unpaired) electrons. The first-order valence-electron chi connectivity index (χ1n) is 7.50. The summed E-state index contributed by atoms with van der Waals surface area (Å²) in [6.45, 7) is 7.79. The van der Waals surface area contributed by atoms with Gasteiger partial charge in [0.05, 0.1) is 11.6 Å². The van der Waals surface area contributed by atoms with Crippen molar-refractivity contribution in [1.82, 2.24) is 5.32 Å². The molecule has 0 atom stereocenters. The van der Waals surface area contributed by atoms with Crippen LogP contribution in [0.2, 0.25) is 0 Å². The monoisotopic (exact) mass is 411 g/mol. The van der Waals surface area contributed by atoms with Gasteiger partial charge in [0.15, 0.2) is 11.5 Å². The predicted molar refractivity (Wildman–Crippen MR) is 105 cm³/mol. The first-order chi connectivity index (χ1) is 11.1. The van der Waals surface area contributed by atoms with Gasteiger partial charge in [-0.25, -0.2) is 0 Å². The normalized spacial score (nSPS) is 9.96. The van der Waals surface area contributed by atoms with Gasteiger partial charge in [0.25, 0.3) is 0 Å². The molecule has 0 amide bonds. The van der Waals surface area contributed by atoms with Crippen molar-refractivity contribution < 1.29 is 9.47 Å². The number of nitrogens with one attached hydrogen (secondary N) is 1. The maximum absolute atomic E-state index is 5.96. The molecule has 0 bridgehead atoms. The third kappa shape index (κ3) is 5.86. The summed E-state index contributed by atoms with van der Waals surface area (Å²) in [5.74, 6) is 1.45. The Kier molecular flexibility index (Phi) is 8.90. The predicted octanol–water partition coefficient (Wildman–Crippen LogP) is 5.04. The zero-order valence-electron chi connectivity index (χ0n) is 14.0. The first kappa shape index (κ1) is 20.6. The van der Waals surface area contributed by atoms with E-state index in [1.54, 1.807) is 7.11 Å². The molecule has 0 saturated heterocycles. The lowest BCUT2D eigenvalue weighted by Gasteiger charge is -2.15. The summed E-state index contributed by atoms with van der Waals surface area (Å²) in [6.07, 6.45) is 1.84. The molecule has 0 spiro atoms. The average molecular weight is 413 g/mol. The van der Waals surface area contributed by atoms with E-state index < -0.39 is 0 Å². The minimum absolute atomic E-state index is 0. The summed E-state index contributed by atoms with van der Waals surface area (Å²) >= 11 is 3.58. The zero-order valence-corrected chi connectivity index (χ0v) is 16.4. The van der Waals surface area contributed by atoms with Gasteiger partial charge < -0.3 is 14.8 Å². The Morgan fingerprint density at radius 3 is 2.50 bits per heavy atom. The maximum Gasteiger partial charge on any atom is 0.175 e. The highest BCUT2D eigenvalue weighted by atomic mass is 79.9. The Hall–Kier alpha value is -1.49. The van der Waals surface area contributed by atoms with E-state index in [9.17, 15) is 0 Å². The highest BCUT2D eigenvalue weighted by Gasteiger charge is 2.12. The van der Waals surface area contributed by atoms with Crippen LogP contribution < -0.4 is 14.8 Å². The largest absolute Gasteiger partial charge is 0.493 e. The molecule has 2 aromatic carbocycles. The zero-order chi connectivity index (χ0) is 16.7. The third-order valence-electron chi connectivity index (χ3n) is 3.41. The fraction of sp³-hybridized carbons (Fsp3) is 0.263. The fourth-order valence-corrected chi connectivity index (χ4v) is 2.78. The minimum Gasteiger partial charge on any atom is -0.493 e. The molecule has 0 aromatic heterocycles. The van der Waals surface area contributed by atoms with Crippen LogP contribution in [0.3, 0.4) is 0 Å². The Morgan fingerprint density at radius 1 is 1.17 bits per heavy atom. The maximum atomic E-state index is 5.96. The number of rotatable bonds is 8. The van der Waals surface area contributed by atoms with Gasteiger partial charge in [0.2, 0.25) is 0 Å². The van der Waals surface area contributed by atoms with E-state index in [1.807, 2.05) is 18.2 Å². The molecule has 0 heterocycles. The van der Waals surface area contributed by atoms with Crippen LogP contribution in [0.15, 0.2) is 53.5 Å². The minimum atomic E-state index is 0.